The van der Waals surface area contributed by atoms with Crippen molar-refractivity contribution in [1.29, 1.82) is 0 Å². The van der Waals surface area contributed by atoms with Gasteiger partial charge in [0.2, 0.25) is 0 Å². The second-order valence-corrected chi connectivity index (χ2v) is 5.41. The van der Waals surface area contributed by atoms with E-state index in [0.717, 1.165) is 11.3 Å². The van der Waals surface area contributed by atoms with Gasteiger partial charge in [-0.05, 0) is 12.1 Å². The van der Waals surface area contributed by atoms with Gasteiger partial charge in [-0.15, -0.1) is 0 Å². The maximum atomic E-state index is 4.56. The number of pyridine rings is 1. The van der Waals surface area contributed by atoms with Crippen LogP contribution in [0.5, 0.6) is 0 Å². The molecule has 3 nitrogen and oxygen atoms in total. The SMILES string of the molecule is CC(C)(C)c1c[n+]2cc3ccccn3c2cn1. The minimum Gasteiger partial charge on any atom is -0.248 e. The van der Waals surface area contributed by atoms with Crippen LogP contribution in [-0.4, -0.2) is 9.38 Å². The molecule has 0 aromatic carbocycles. The van der Waals surface area contributed by atoms with E-state index in [0.29, 0.717) is 0 Å². The topological polar surface area (TPSA) is 21.4 Å². The summed E-state index contributed by atoms with van der Waals surface area (Å²) >= 11 is 0. The van der Waals surface area contributed by atoms with E-state index in [-0.39, 0.29) is 5.41 Å². The summed E-state index contributed by atoms with van der Waals surface area (Å²) in [6, 6.07) is 6.18. The number of nitrogens with zero attached hydrogens (tertiary/aromatic N) is 3. The van der Waals surface area contributed by atoms with Gasteiger partial charge in [0.1, 0.15) is 18.6 Å². The zero-order valence-electron chi connectivity index (χ0n) is 10.4. The lowest BCUT2D eigenvalue weighted by Gasteiger charge is -2.15. The summed E-state index contributed by atoms with van der Waals surface area (Å²) in [5.74, 6) is 0. The quantitative estimate of drug-likeness (QED) is 0.539. The third kappa shape index (κ3) is 1.58. The van der Waals surface area contributed by atoms with Crippen LogP contribution in [0.4, 0.5) is 0 Å². The van der Waals surface area contributed by atoms with Gasteiger partial charge in [-0.1, -0.05) is 26.8 Å². The van der Waals surface area contributed by atoms with Crippen molar-refractivity contribution in [3.05, 3.63) is 48.7 Å². The molecule has 86 valence electrons. The number of aromatic nitrogens is 3. The van der Waals surface area contributed by atoms with Crippen LogP contribution in [0, 0.1) is 0 Å². The number of rotatable bonds is 0. The highest BCUT2D eigenvalue weighted by molar-refractivity contribution is 5.50. The highest BCUT2D eigenvalue weighted by atomic mass is 15.1. The van der Waals surface area contributed by atoms with Gasteiger partial charge in [0.05, 0.1) is 11.9 Å². The Labute approximate surface area is 100 Å². The molecular formula is C14H16N3+. The Bertz CT molecular complexity index is 689. The van der Waals surface area contributed by atoms with Crippen molar-refractivity contribution >= 4 is 11.2 Å². The molecule has 0 N–H and O–H groups in total. The smallest absolute Gasteiger partial charge is 0.248 e. The van der Waals surface area contributed by atoms with Gasteiger partial charge in [-0.25, -0.2) is 4.98 Å². The Morgan fingerprint density at radius 2 is 2.00 bits per heavy atom. The first-order valence-corrected chi connectivity index (χ1v) is 5.83. The van der Waals surface area contributed by atoms with Gasteiger partial charge in [0.25, 0.3) is 0 Å². The van der Waals surface area contributed by atoms with Crippen molar-refractivity contribution in [2.24, 2.45) is 0 Å². The van der Waals surface area contributed by atoms with E-state index in [9.17, 15) is 0 Å². The molecule has 0 bridgehead atoms. The highest BCUT2D eigenvalue weighted by Crippen LogP contribution is 2.18. The first-order valence-electron chi connectivity index (χ1n) is 5.83. The Kier molecular flexibility index (Phi) is 1.99. The minimum absolute atomic E-state index is 0.0787. The van der Waals surface area contributed by atoms with Crippen molar-refractivity contribution < 1.29 is 4.40 Å². The van der Waals surface area contributed by atoms with Crippen LogP contribution in [0.2, 0.25) is 0 Å². The summed E-state index contributed by atoms with van der Waals surface area (Å²) in [4.78, 5) is 4.56. The zero-order valence-corrected chi connectivity index (χ0v) is 10.4. The van der Waals surface area contributed by atoms with Crippen molar-refractivity contribution in [2.75, 3.05) is 0 Å². The van der Waals surface area contributed by atoms with E-state index in [1.54, 1.807) is 0 Å². The Morgan fingerprint density at radius 1 is 1.18 bits per heavy atom. The molecule has 0 radical (unpaired) electrons. The number of hydrogen-bond donors (Lipinski definition) is 0. The predicted octanol–water partition coefficient (Wildman–Crippen LogP) is 2.37. The van der Waals surface area contributed by atoms with Gasteiger partial charge >= 0.3 is 5.65 Å². The summed E-state index contributed by atoms with van der Waals surface area (Å²) in [6.07, 6.45) is 8.24. The zero-order chi connectivity index (χ0) is 12.0. The van der Waals surface area contributed by atoms with Crippen molar-refractivity contribution in [1.82, 2.24) is 9.38 Å². The van der Waals surface area contributed by atoms with Gasteiger partial charge in [-0.3, -0.25) is 0 Å². The van der Waals surface area contributed by atoms with E-state index >= 15 is 0 Å². The average molecular weight is 226 g/mol. The lowest BCUT2D eigenvalue weighted by Crippen LogP contribution is -2.25. The summed E-state index contributed by atoms with van der Waals surface area (Å²) in [5.41, 5.74) is 3.45. The van der Waals surface area contributed by atoms with Crippen LogP contribution in [0.3, 0.4) is 0 Å². The molecular weight excluding hydrogens is 210 g/mol. The van der Waals surface area contributed by atoms with Crippen LogP contribution in [-0.2, 0) is 5.41 Å². The predicted molar refractivity (Wildman–Crippen MR) is 67.1 cm³/mol. The third-order valence-corrected chi connectivity index (χ3v) is 3.02. The van der Waals surface area contributed by atoms with Gasteiger partial charge < -0.3 is 0 Å². The summed E-state index contributed by atoms with van der Waals surface area (Å²) in [7, 11) is 0. The van der Waals surface area contributed by atoms with Crippen molar-refractivity contribution in [3.63, 3.8) is 0 Å². The first kappa shape index (κ1) is 10.3. The van der Waals surface area contributed by atoms with Gasteiger partial charge in [0.15, 0.2) is 5.52 Å². The molecule has 3 heterocycles. The molecule has 0 aliphatic carbocycles. The molecule has 0 fully saturated rings. The molecule has 0 aliphatic heterocycles. The molecule has 0 unspecified atom stereocenters. The maximum absolute atomic E-state index is 4.56. The normalized spacial score (nSPS) is 12.4. The fraction of sp³-hybridized carbons (Fsp3) is 0.286. The van der Waals surface area contributed by atoms with E-state index in [4.69, 9.17) is 0 Å². The fourth-order valence-corrected chi connectivity index (χ4v) is 2.02. The molecule has 0 aliphatic rings. The van der Waals surface area contributed by atoms with Crippen LogP contribution >= 0.6 is 0 Å². The second-order valence-electron chi connectivity index (χ2n) is 5.41. The largest absolute Gasteiger partial charge is 0.310 e. The number of hydrogen-bond acceptors (Lipinski definition) is 1. The molecule has 0 atom stereocenters. The van der Waals surface area contributed by atoms with E-state index < -0.39 is 0 Å². The Morgan fingerprint density at radius 3 is 2.76 bits per heavy atom. The van der Waals surface area contributed by atoms with E-state index in [1.807, 2.05) is 18.3 Å². The van der Waals surface area contributed by atoms with E-state index in [1.165, 1.54) is 5.52 Å². The minimum atomic E-state index is 0.0787. The lowest BCUT2D eigenvalue weighted by molar-refractivity contribution is -0.511. The molecule has 3 aromatic rings. The third-order valence-electron chi connectivity index (χ3n) is 3.02. The number of imidazole rings is 1. The molecule has 17 heavy (non-hydrogen) atoms. The monoisotopic (exact) mass is 226 g/mol. The van der Waals surface area contributed by atoms with Gasteiger partial charge in [0, 0.05) is 5.41 Å². The summed E-state index contributed by atoms with van der Waals surface area (Å²) in [6.45, 7) is 6.53. The summed E-state index contributed by atoms with van der Waals surface area (Å²) < 4.78 is 4.28. The van der Waals surface area contributed by atoms with Crippen LogP contribution in [0.25, 0.3) is 11.2 Å². The standard InChI is InChI=1S/C14H16N3/c1-14(2,3)12-10-16-9-11-6-4-5-7-17(11)13(16)8-15-12/h4-10H,1-3H3/q+1. The van der Waals surface area contributed by atoms with Crippen molar-refractivity contribution in [2.45, 2.75) is 26.2 Å². The fourth-order valence-electron chi connectivity index (χ4n) is 2.02. The molecule has 0 saturated heterocycles. The molecule has 0 spiro atoms. The Balaban J connectivity index is 2.34. The van der Waals surface area contributed by atoms with E-state index in [2.05, 4.69) is 59.2 Å². The number of fused-ring (bicyclic) bond motifs is 3. The molecule has 3 aromatic heterocycles. The first-order chi connectivity index (χ1) is 8.05. The van der Waals surface area contributed by atoms with Crippen LogP contribution in [0.15, 0.2) is 43.0 Å². The maximum Gasteiger partial charge on any atom is 0.310 e. The lowest BCUT2D eigenvalue weighted by atomic mass is 9.93. The van der Waals surface area contributed by atoms with Crippen LogP contribution < -0.4 is 4.40 Å². The average Bonchev–Trinajstić information content (AvgIpc) is 2.65. The molecule has 0 saturated carbocycles. The molecule has 0 amide bonds. The van der Waals surface area contributed by atoms with Crippen LogP contribution in [0.1, 0.15) is 26.5 Å². The highest BCUT2D eigenvalue weighted by Gasteiger charge is 2.19. The Hall–Kier alpha value is -1.90. The molecule has 3 rings (SSSR count). The van der Waals surface area contributed by atoms with Gasteiger partial charge in [-0.2, -0.15) is 8.80 Å². The second kappa shape index (κ2) is 3.29. The van der Waals surface area contributed by atoms with Crippen molar-refractivity contribution in [3.8, 4) is 0 Å². The molecule has 3 heteroatoms. The summed E-state index contributed by atoms with van der Waals surface area (Å²) in [5, 5.41) is 0.